The lowest BCUT2D eigenvalue weighted by Gasteiger charge is -2.28. The molecule has 2 N–H and O–H groups in total. The molecule has 0 saturated carbocycles. The molecule has 2 saturated heterocycles. The average Bonchev–Trinajstić information content (AvgIpc) is 2.68. The minimum atomic E-state index is -0.565. The highest BCUT2D eigenvalue weighted by Crippen LogP contribution is 2.25. The lowest BCUT2D eigenvalue weighted by molar-refractivity contribution is -0.140. The fourth-order valence-electron chi connectivity index (χ4n) is 2.26. The third-order valence-corrected chi connectivity index (χ3v) is 3.37. The van der Waals surface area contributed by atoms with Gasteiger partial charge in [-0.05, 0) is 45.7 Å². The molecule has 86 valence electrons. The Kier molecular flexibility index (Phi) is 3.26. The Balaban J connectivity index is 1.85. The van der Waals surface area contributed by atoms with Crippen LogP contribution in [0.15, 0.2) is 0 Å². The maximum atomic E-state index is 12.0. The summed E-state index contributed by atoms with van der Waals surface area (Å²) in [6, 6.07) is 0.333. The van der Waals surface area contributed by atoms with Gasteiger partial charge in [-0.3, -0.25) is 4.79 Å². The number of ether oxygens (including phenoxy) is 1. The van der Waals surface area contributed by atoms with Crippen molar-refractivity contribution in [1.29, 1.82) is 0 Å². The first-order valence-electron chi connectivity index (χ1n) is 5.86. The Morgan fingerprint density at radius 1 is 1.47 bits per heavy atom. The van der Waals surface area contributed by atoms with Gasteiger partial charge in [0.1, 0.15) is 5.60 Å². The summed E-state index contributed by atoms with van der Waals surface area (Å²) in [7, 11) is 0. The quantitative estimate of drug-likeness (QED) is 0.697. The van der Waals surface area contributed by atoms with Crippen molar-refractivity contribution >= 4 is 5.91 Å². The maximum absolute atomic E-state index is 12.0. The number of hydrogen-bond acceptors (Lipinski definition) is 3. The highest BCUT2D eigenvalue weighted by molar-refractivity contribution is 5.85. The summed E-state index contributed by atoms with van der Waals surface area (Å²) < 4.78 is 5.52. The first kappa shape index (κ1) is 10.9. The molecular formula is C11H20N2O2. The van der Waals surface area contributed by atoms with Gasteiger partial charge in [-0.2, -0.15) is 0 Å². The molecule has 0 aromatic rings. The van der Waals surface area contributed by atoms with Crippen LogP contribution in [0.2, 0.25) is 0 Å². The molecule has 2 heterocycles. The van der Waals surface area contributed by atoms with Gasteiger partial charge in [-0.1, -0.05) is 0 Å². The molecule has 1 atom stereocenters. The fourth-order valence-corrected chi connectivity index (χ4v) is 2.26. The molecule has 15 heavy (non-hydrogen) atoms. The standard InChI is InChI=1S/C11H20N2O2/c1-11(5-2-8-15-11)10(14)13-9-3-6-12-7-4-9/h9,12H,2-8H2,1H3,(H,13,14). The number of nitrogens with one attached hydrogen (secondary N) is 2. The largest absolute Gasteiger partial charge is 0.365 e. The van der Waals surface area contributed by atoms with Crippen LogP contribution in [0.25, 0.3) is 0 Å². The van der Waals surface area contributed by atoms with Crippen LogP contribution in [0, 0.1) is 0 Å². The van der Waals surface area contributed by atoms with E-state index < -0.39 is 5.60 Å². The molecule has 0 aromatic heterocycles. The highest BCUT2D eigenvalue weighted by atomic mass is 16.5. The van der Waals surface area contributed by atoms with E-state index in [4.69, 9.17) is 4.74 Å². The van der Waals surface area contributed by atoms with E-state index in [0.29, 0.717) is 6.04 Å². The van der Waals surface area contributed by atoms with E-state index in [2.05, 4.69) is 10.6 Å². The van der Waals surface area contributed by atoms with Crippen LogP contribution in [0.4, 0.5) is 0 Å². The molecule has 1 unspecified atom stereocenters. The Morgan fingerprint density at radius 2 is 2.20 bits per heavy atom. The molecule has 0 bridgehead atoms. The maximum Gasteiger partial charge on any atom is 0.252 e. The van der Waals surface area contributed by atoms with E-state index in [-0.39, 0.29) is 5.91 Å². The monoisotopic (exact) mass is 212 g/mol. The molecule has 2 rings (SSSR count). The van der Waals surface area contributed by atoms with Gasteiger partial charge in [0.2, 0.25) is 0 Å². The zero-order chi connectivity index (χ0) is 10.7. The second kappa shape index (κ2) is 4.49. The normalized spacial score (nSPS) is 32.9. The van der Waals surface area contributed by atoms with Crippen molar-refractivity contribution in [2.24, 2.45) is 0 Å². The Morgan fingerprint density at radius 3 is 2.80 bits per heavy atom. The smallest absolute Gasteiger partial charge is 0.252 e. The Bertz CT molecular complexity index is 231. The van der Waals surface area contributed by atoms with Gasteiger partial charge in [0, 0.05) is 12.6 Å². The van der Waals surface area contributed by atoms with Crippen molar-refractivity contribution < 1.29 is 9.53 Å². The van der Waals surface area contributed by atoms with Crippen LogP contribution in [0.1, 0.15) is 32.6 Å². The summed E-state index contributed by atoms with van der Waals surface area (Å²) in [6.45, 7) is 4.62. The molecular weight excluding hydrogens is 192 g/mol. The third-order valence-electron chi connectivity index (χ3n) is 3.37. The number of carbonyl (C=O) groups excluding carboxylic acids is 1. The minimum absolute atomic E-state index is 0.0758. The summed E-state index contributed by atoms with van der Waals surface area (Å²) in [5, 5.41) is 6.38. The van der Waals surface area contributed by atoms with Crippen molar-refractivity contribution in [3.8, 4) is 0 Å². The van der Waals surface area contributed by atoms with Crippen LogP contribution in [-0.2, 0) is 9.53 Å². The van der Waals surface area contributed by atoms with Crippen molar-refractivity contribution in [2.45, 2.75) is 44.2 Å². The van der Waals surface area contributed by atoms with Crippen molar-refractivity contribution in [3.63, 3.8) is 0 Å². The topological polar surface area (TPSA) is 50.4 Å². The summed E-state index contributed by atoms with van der Waals surface area (Å²) in [5.74, 6) is 0.0758. The Hall–Kier alpha value is -0.610. The first-order valence-corrected chi connectivity index (χ1v) is 5.86. The minimum Gasteiger partial charge on any atom is -0.365 e. The van der Waals surface area contributed by atoms with Crippen LogP contribution < -0.4 is 10.6 Å². The number of amides is 1. The molecule has 0 radical (unpaired) electrons. The molecule has 4 heteroatoms. The number of carbonyl (C=O) groups is 1. The molecule has 0 aromatic carbocycles. The molecule has 0 spiro atoms. The second-order valence-corrected chi connectivity index (χ2v) is 4.68. The number of piperidine rings is 1. The summed E-state index contributed by atoms with van der Waals surface area (Å²) in [4.78, 5) is 12.0. The van der Waals surface area contributed by atoms with E-state index in [1.807, 2.05) is 6.92 Å². The van der Waals surface area contributed by atoms with Crippen LogP contribution in [0.5, 0.6) is 0 Å². The summed E-state index contributed by atoms with van der Waals surface area (Å²) in [6.07, 6.45) is 3.91. The van der Waals surface area contributed by atoms with Gasteiger partial charge < -0.3 is 15.4 Å². The lowest BCUT2D eigenvalue weighted by atomic mass is 9.99. The number of rotatable bonds is 2. The molecule has 4 nitrogen and oxygen atoms in total. The number of hydrogen-bond donors (Lipinski definition) is 2. The van der Waals surface area contributed by atoms with Crippen molar-refractivity contribution in [3.05, 3.63) is 0 Å². The van der Waals surface area contributed by atoms with E-state index in [1.165, 1.54) is 0 Å². The van der Waals surface area contributed by atoms with E-state index in [9.17, 15) is 4.79 Å². The second-order valence-electron chi connectivity index (χ2n) is 4.68. The third kappa shape index (κ3) is 2.49. The summed E-state index contributed by atoms with van der Waals surface area (Å²) in [5.41, 5.74) is -0.565. The molecule has 2 fully saturated rings. The lowest BCUT2D eigenvalue weighted by Crippen LogP contribution is -2.50. The van der Waals surface area contributed by atoms with Crippen LogP contribution in [-0.4, -0.2) is 37.2 Å². The predicted octanol–water partition coefficient (Wildman–Crippen LogP) is 0.424. The zero-order valence-electron chi connectivity index (χ0n) is 9.34. The molecule has 0 aliphatic carbocycles. The van der Waals surface area contributed by atoms with Crippen molar-refractivity contribution in [1.82, 2.24) is 10.6 Å². The van der Waals surface area contributed by atoms with E-state index in [1.54, 1.807) is 0 Å². The Labute approximate surface area is 90.8 Å². The first-order chi connectivity index (χ1) is 7.21. The van der Waals surface area contributed by atoms with Crippen LogP contribution in [0.3, 0.4) is 0 Å². The zero-order valence-corrected chi connectivity index (χ0v) is 9.34. The SMILES string of the molecule is CC1(C(=O)NC2CCNCC2)CCCO1. The van der Waals surface area contributed by atoms with Gasteiger partial charge in [0.25, 0.3) is 5.91 Å². The van der Waals surface area contributed by atoms with Crippen LogP contribution >= 0.6 is 0 Å². The fraction of sp³-hybridized carbons (Fsp3) is 0.909. The van der Waals surface area contributed by atoms with Gasteiger partial charge in [-0.25, -0.2) is 0 Å². The van der Waals surface area contributed by atoms with Crippen molar-refractivity contribution in [2.75, 3.05) is 19.7 Å². The average molecular weight is 212 g/mol. The molecule has 2 aliphatic rings. The van der Waals surface area contributed by atoms with E-state index >= 15 is 0 Å². The van der Waals surface area contributed by atoms with Gasteiger partial charge in [0.15, 0.2) is 0 Å². The van der Waals surface area contributed by atoms with Gasteiger partial charge >= 0.3 is 0 Å². The molecule has 2 aliphatic heterocycles. The van der Waals surface area contributed by atoms with Gasteiger partial charge in [-0.15, -0.1) is 0 Å². The van der Waals surface area contributed by atoms with E-state index in [0.717, 1.165) is 45.4 Å². The summed E-state index contributed by atoms with van der Waals surface area (Å²) >= 11 is 0. The molecule has 1 amide bonds. The highest BCUT2D eigenvalue weighted by Gasteiger charge is 2.38. The van der Waals surface area contributed by atoms with Gasteiger partial charge in [0.05, 0.1) is 0 Å². The predicted molar refractivity (Wildman–Crippen MR) is 57.6 cm³/mol.